The molecule has 1 atom stereocenters. The molecule has 116 valence electrons. The number of fused-ring (bicyclic) bond motifs is 1. The number of hydrogen-bond acceptors (Lipinski definition) is 2. The molecule has 0 fully saturated rings. The quantitative estimate of drug-likeness (QED) is 0.581. The van der Waals surface area contributed by atoms with Gasteiger partial charge in [-0.25, -0.2) is 0 Å². The highest BCUT2D eigenvalue weighted by atomic mass is 14.8. The van der Waals surface area contributed by atoms with Crippen molar-refractivity contribution < 1.29 is 0 Å². The lowest BCUT2D eigenvalue weighted by molar-refractivity contribution is 0.831. The third kappa shape index (κ3) is 2.68. The van der Waals surface area contributed by atoms with Crippen LogP contribution in [0.15, 0.2) is 91.0 Å². The maximum Gasteiger partial charge on any atom is 0.0726 e. The molecule has 3 aromatic carbocycles. The number of hydrogen-bond donors (Lipinski definition) is 1. The van der Waals surface area contributed by atoms with Crippen LogP contribution in [0.5, 0.6) is 0 Å². The lowest BCUT2D eigenvalue weighted by Gasteiger charge is -2.13. The highest BCUT2D eigenvalue weighted by molar-refractivity contribution is 5.95. The van der Waals surface area contributed by atoms with Gasteiger partial charge in [-0.15, -0.1) is 0 Å². The normalized spacial score (nSPS) is 12.2. The molecule has 1 unspecified atom stereocenters. The second-order valence-corrected chi connectivity index (χ2v) is 5.86. The second kappa shape index (κ2) is 6.26. The summed E-state index contributed by atoms with van der Waals surface area (Å²) < 4.78 is 0. The fourth-order valence-corrected chi connectivity index (χ4v) is 3.05. The monoisotopic (exact) mass is 310 g/mol. The molecule has 2 heteroatoms. The maximum absolute atomic E-state index is 6.41. The molecule has 1 aromatic heterocycles. The van der Waals surface area contributed by atoms with Crippen molar-refractivity contribution in [3.63, 3.8) is 0 Å². The van der Waals surface area contributed by atoms with Gasteiger partial charge in [0.15, 0.2) is 0 Å². The lowest BCUT2D eigenvalue weighted by Crippen LogP contribution is -2.13. The molecule has 2 N–H and O–H groups in total. The number of rotatable bonds is 3. The summed E-state index contributed by atoms with van der Waals surface area (Å²) in [4.78, 5) is 4.84. The molecule has 0 spiro atoms. The summed E-state index contributed by atoms with van der Waals surface area (Å²) in [5, 5.41) is 2.42. The van der Waals surface area contributed by atoms with E-state index in [1.807, 2.05) is 48.5 Å². The summed E-state index contributed by atoms with van der Waals surface area (Å²) in [5.41, 5.74) is 10.5. The molecule has 24 heavy (non-hydrogen) atoms. The Hall–Kier alpha value is -2.97. The largest absolute Gasteiger partial charge is 0.319 e. The Morgan fingerprint density at radius 3 is 2.25 bits per heavy atom. The van der Waals surface area contributed by atoms with E-state index in [1.165, 1.54) is 10.8 Å². The SMILES string of the molecule is NC(c1ccccc1)c1cccc(-c2cccc3ccccc23)n1. The summed E-state index contributed by atoms with van der Waals surface area (Å²) in [6.45, 7) is 0. The highest BCUT2D eigenvalue weighted by Crippen LogP contribution is 2.28. The number of aromatic nitrogens is 1. The minimum atomic E-state index is -0.221. The van der Waals surface area contributed by atoms with Crippen LogP contribution in [-0.4, -0.2) is 4.98 Å². The van der Waals surface area contributed by atoms with Gasteiger partial charge in [-0.2, -0.15) is 0 Å². The third-order valence-electron chi connectivity index (χ3n) is 4.31. The van der Waals surface area contributed by atoms with E-state index in [-0.39, 0.29) is 6.04 Å². The summed E-state index contributed by atoms with van der Waals surface area (Å²) in [5.74, 6) is 0. The van der Waals surface area contributed by atoms with E-state index in [0.717, 1.165) is 22.5 Å². The Balaban J connectivity index is 1.80. The van der Waals surface area contributed by atoms with E-state index in [2.05, 4.69) is 42.5 Å². The van der Waals surface area contributed by atoms with Gasteiger partial charge < -0.3 is 5.73 Å². The van der Waals surface area contributed by atoms with Gasteiger partial charge in [0, 0.05) is 5.56 Å². The minimum Gasteiger partial charge on any atom is -0.319 e. The molecule has 0 radical (unpaired) electrons. The maximum atomic E-state index is 6.41. The topological polar surface area (TPSA) is 38.9 Å². The van der Waals surface area contributed by atoms with Crippen molar-refractivity contribution in [2.75, 3.05) is 0 Å². The first-order valence-electron chi connectivity index (χ1n) is 8.08. The zero-order valence-electron chi connectivity index (χ0n) is 13.3. The van der Waals surface area contributed by atoms with Crippen molar-refractivity contribution in [2.24, 2.45) is 5.73 Å². The van der Waals surface area contributed by atoms with Crippen molar-refractivity contribution in [1.82, 2.24) is 4.98 Å². The molecule has 0 saturated heterocycles. The zero-order valence-corrected chi connectivity index (χ0v) is 13.3. The predicted molar refractivity (Wildman–Crippen MR) is 99.7 cm³/mol. The van der Waals surface area contributed by atoms with Crippen LogP contribution in [0.4, 0.5) is 0 Å². The predicted octanol–water partition coefficient (Wildman–Crippen LogP) is 4.95. The van der Waals surface area contributed by atoms with Crippen LogP contribution in [-0.2, 0) is 0 Å². The van der Waals surface area contributed by atoms with Crippen LogP contribution in [0, 0.1) is 0 Å². The molecule has 4 rings (SSSR count). The number of benzene rings is 3. The molecular formula is C22H18N2. The average molecular weight is 310 g/mol. The van der Waals surface area contributed by atoms with E-state index < -0.39 is 0 Å². The molecule has 4 aromatic rings. The first-order chi connectivity index (χ1) is 11.8. The van der Waals surface area contributed by atoms with Crippen LogP contribution in [0.25, 0.3) is 22.0 Å². The molecule has 0 bridgehead atoms. The smallest absolute Gasteiger partial charge is 0.0726 e. The van der Waals surface area contributed by atoms with E-state index in [0.29, 0.717) is 0 Å². The molecular weight excluding hydrogens is 292 g/mol. The second-order valence-electron chi connectivity index (χ2n) is 5.86. The van der Waals surface area contributed by atoms with Gasteiger partial charge in [-0.1, -0.05) is 78.9 Å². The van der Waals surface area contributed by atoms with E-state index in [1.54, 1.807) is 0 Å². The van der Waals surface area contributed by atoms with Crippen LogP contribution >= 0.6 is 0 Å². The Morgan fingerprint density at radius 1 is 0.667 bits per heavy atom. The van der Waals surface area contributed by atoms with Crippen molar-refractivity contribution in [2.45, 2.75) is 6.04 Å². The van der Waals surface area contributed by atoms with Crippen molar-refractivity contribution in [3.05, 3.63) is 102 Å². The van der Waals surface area contributed by atoms with E-state index in [4.69, 9.17) is 10.7 Å². The van der Waals surface area contributed by atoms with Crippen LogP contribution in [0.1, 0.15) is 17.3 Å². The molecule has 0 aliphatic rings. The van der Waals surface area contributed by atoms with Crippen LogP contribution in [0.3, 0.4) is 0 Å². The fraction of sp³-hybridized carbons (Fsp3) is 0.0455. The Labute approximate surface area is 141 Å². The summed E-state index contributed by atoms with van der Waals surface area (Å²) in [6, 6.07) is 30.6. The van der Waals surface area contributed by atoms with E-state index >= 15 is 0 Å². The number of nitrogens with two attached hydrogens (primary N) is 1. The van der Waals surface area contributed by atoms with Gasteiger partial charge in [0.25, 0.3) is 0 Å². The first kappa shape index (κ1) is 14.6. The first-order valence-corrected chi connectivity index (χ1v) is 8.08. The number of pyridine rings is 1. The molecule has 1 heterocycles. The van der Waals surface area contributed by atoms with Gasteiger partial charge >= 0.3 is 0 Å². The minimum absolute atomic E-state index is 0.221. The third-order valence-corrected chi connectivity index (χ3v) is 4.31. The Kier molecular flexibility index (Phi) is 3.81. The summed E-state index contributed by atoms with van der Waals surface area (Å²) in [7, 11) is 0. The number of nitrogens with zero attached hydrogens (tertiary/aromatic N) is 1. The lowest BCUT2D eigenvalue weighted by atomic mass is 10.00. The standard InChI is InChI=1S/C22H18N2/c23-22(17-9-2-1-3-10-17)21-15-7-14-20(24-21)19-13-6-11-16-8-4-5-12-18(16)19/h1-15,22H,23H2. The molecule has 0 aliphatic carbocycles. The van der Waals surface area contributed by atoms with Crippen molar-refractivity contribution >= 4 is 10.8 Å². The van der Waals surface area contributed by atoms with Gasteiger partial charge in [0.2, 0.25) is 0 Å². The zero-order chi connectivity index (χ0) is 16.4. The molecule has 2 nitrogen and oxygen atoms in total. The summed E-state index contributed by atoms with van der Waals surface area (Å²) in [6.07, 6.45) is 0. The van der Waals surface area contributed by atoms with E-state index in [9.17, 15) is 0 Å². The average Bonchev–Trinajstić information content (AvgIpc) is 2.68. The van der Waals surface area contributed by atoms with Crippen LogP contribution in [0.2, 0.25) is 0 Å². The van der Waals surface area contributed by atoms with Gasteiger partial charge in [-0.05, 0) is 28.5 Å². The van der Waals surface area contributed by atoms with Gasteiger partial charge in [0.05, 0.1) is 17.4 Å². The highest BCUT2D eigenvalue weighted by Gasteiger charge is 2.12. The fourth-order valence-electron chi connectivity index (χ4n) is 3.05. The van der Waals surface area contributed by atoms with Crippen molar-refractivity contribution in [3.8, 4) is 11.3 Å². The van der Waals surface area contributed by atoms with Crippen LogP contribution < -0.4 is 5.73 Å². The molecule has 0 aliphatic heterocycles. The van der Waals surface area contributed by atoms with Gasteiger partial charge in [0.1, 0.15) is 0 Å². The Morgan fingerprint density at radius 2 is 1.38 bits per heavy atom. The summed E-state index contributed by atoms with van der Waals surface area (Å²) >= 11 is 0. The van der Waals surface area contributed by atoms with Gasteiger partial charge in [-0.3, -0.25) is 4.98 Å². The van der Waals surface area contributed by atoms with Crippen molar-refractivity contribution in [1.29, 1.82) is 0 Å². The Bertz CT molecular complexity index is 972. The molecule has 0 amide bonds. The molecule has 0 saturated carbocycles.